The summed E-state index contributed by atoms with van der Waals surface area (Å²) in [5.74, 6) is 3.39. The molecule has 2 heterocycles. The van der Waals surface area contributed by atoms with Gasteiger partial charge in [-0.1, -0.05) is 19.3 Å². The number of rotatable bonds is 5. The lowest BCUT2D eigenvalue weighted by Gasteiger charge is -2.61. The number of nitrogens with one attached hydrogen (secondary N) is 2. The molecule has 2 unspecified atom stereocenters. The molecule has 1 aromatic rings. The highest BCUT2D eigenvalue weighted by Gasteiger charge is 2.59. The molecular formula is C27H37N5O. The molecule has 6 heteroatoms. The molecule has 1 saturated heterocycles. The maximum Gasteiger partial charge on any atom is 0.226 e. The molecule has 1 amide bonds. The molecule has 6 aliphatic rings. The number of amides is 1. The number of anilines is 1. The summed E-state index contributed by atoms with van der Waals surface area (Å²) in [6, 6.07) is 7.37. The SMILES string of the molecule is N#Cc1ccc(N[C@@H]2CCN(C3C4CC5CC3CC(C(=O)NC3CCCCC3)(C5)C4)C2)nc1. The summed E-state index contributed by atoms with van der Waals surface area (Å²) in [5.41, 5.74) is 0.525. The maximum atomic E-state index is 13.5. The Hall–Kier alpha value is -2.13. The zero-order valence-electron chi connectivity index (χ0n) is 19.6. The van der Waals surface area contributed by atoms with E-state index in [4.69, 9.17) is 5.26 Å². The van der Waals surface area contributed by atoms with E-state index in [0.29, 0.717) is 41.4 Å². The Labute approximate surface area is 197 Å². The smallest absolute Gasteiger partial charge is 0.226 e. The molecule has 4 bridgehead atoms. The summed E-state index contributed by atoms with van der Waals surface area (Å²) in [6.45, 7) is 2.20. The van der Waals surface area contributed by atoms with Crippen LogP contribution >= 0.6 is 0 Å². The van der Waals surface area contributed by atoms with Crippen molar-refractivity contribution >= 4 is 11.7 Å². The van der Waals surface area contributed by atoms with Crippen LogP contribution in [0.5, 0.6) is 0 Å². The quantitative estimate of drug-likeness (QED) is 0.711. The van der Waals surface area contributed by atoms with E-state index in [0.717, 1.165) is 50.5 Å². The van der Waals surface area contributed by atoms with Crippen molar-refractivity contribution in [2.24, 2.45) is 23.2 Å². The van der Waals surface area contributed by atoms with Crippen LogP contribution in [0.4, 0.5) is 5.82 Å². The molecule has 176 valence electrons. The molecule has 7 rings (SSSR count). The predicted molar refractivity (Wildman–Crippen MR) is 127 cm³/mol. The average molecular weight is 448 g/mol. The van der Waals surface area contributed by atoms with E-state index >= 15 is 0 Å². The molecule has 33 heavy (non-hydrogen) atoms. The zero-order valence-corrected chi connectivity index (χ0v) is 19.6. The number of nitriles is 1. The summed E-state index contributed by atoms with van der Waals surface area (Å²) >= 11 is 0. The zero-order chi connectivity index (χ0) is 22.4. The Morgan fingerprint density at radius 1 is 1.06 bits per heavy atom. The third-order valence-electron chi connectivity index (χ3n) is 9.53. The molecule has 0 radical (unpaired) electrons. The second-order valence-electron chi connectivity index (χ2n) is 11.7. The van der Waals surface area contributed by atoms with Crippen molar-refractivity contribution in [3.05, 3.63) is 23.9 Å². The van der Waals surface area contributed by atoms with Crippen LogP contribution in [0.2, 0.25) is 0 Å². The molecule has 5 saturated carbocycles. The first-order chi connectivity index (χ1) is 16.1. The first kappa shape index (κ1) is 21.4. The van der Waals surface area contributed by atoms with E-state index in [1.807, 2.05) is 12.1 Å². The second kappa shape index (κ2) is 8.58. The number of carbonyl (C=O) groups excluding carboxylic acids is 1. The number of hydrogen-bond acceptors (Lipinski definition) is 5. The highest BCUT2D eigenvalue weighted by Crippen LogP contribution is 2.61. The highest BCUT2D eigenvalue weighted by atomic mass is 16.2. The Kier molecular flexibility index (Phi) is 5.57. The summed E-state index contributed by atoms with van der Waals surface area (Å²) in [4.78, 5) is 20.7. The van der Waals surface area contributed by atoms with Crippen LogP contribution < -0.4 is 10.6 Å². The van der Waals surface area contributed by atoms with Gasteiger partial charge in [0.25, 0.3) is 0 Å². The molecule has 3 atom stereocenters. The van der Waals surface area contributed by atoms with Gasteiger partial charge < -0.3 is 10.6 Å². The van der Waals surface area contributed by atoms with Gasteiger partial charge in [0.15, 0.2) is 0 Å². The predicted octanol–water partition coefficient (Wildman–Crippen LogP) is 4.08. The largest absolute Gasteiger partial charge is 0.366 e. The number of pyridine rings is 1. The van der Waals surface area contributed by atoms with E-state index in [9.17, 15) is 4.79 Å². The normalized spacial score (nSPS) is 38.2. The highest BCUT2D eigenvalue weighted by molar-refractivity contribution is 5.83. The maximum absolute atomic E-state index is 13.5. The minimum Gasteiger partial charge on any atom is -0.366 e. The number of nitrogens with zero attached hydrogens (tertiary/aromatic N) is 3. The van der Waals surface area contributed by atoms with Crippen molar-refractivity contribution in [3.63, 3.8) is 0 Å². The monoisotopic (exact) mass is 447 g/mol. The summed E-state index contributed by atoms with van der Waals surface area (Å²) < 4.78 is 0. The molecular weight excluding hydrogens is 410 g/mol. The Balaban J connectivity index is 1.10. The van der Waals surface area contributed by atoms with E-state index in [1.54, 1.807) is 6.20 Å². The van der Waals surface area contributed by atoms with E-state index in [1.165, 1.54) is 44.9 Å². The van der Waals surface area contributed by atoms with Crippen LogP contribution in [0.25, 0.3) is 0 Å². The molecule has 2 N–H and O–H groups in total. The van der Waals surface area contributed by atoms with Gasteiger partial charge in [0.05, 0.1) is 11.0 Å². The Morgan fingerprint density at radius 2 is 1.85 bits per heavy atom. The second-order valence-corrected chi connectivity index (χ2v) is 11.7. The van der Waals surface area contributed by atoms with E-state index in [-0.39, 0.29) is 5.41 Å². The average Bonchev–Trinajstić information content (AvgIpc) is 3.27. The minimum atomic E-state index is -0.0752. The first-order valence-corrected chi connectivity index (χ1v) is 13.3. The third kappa shape index (κ3) is 4.03. The van der Waals surface area contributed by atoms with Crippen LogP contribution in [-0.4, -0.2) is 47.0 Å². The van der Waals surface area contributed by atoms with E-state index in [2.05, 4.69) is 26.6 Å². The minimum absolute atomic E-state index is 0.0752. The van der Waals surface area contributed by atoms with Gasteiger partial charge in [-0.25, -0.2) is 4.98 Å². The summed E-state index contributed by atoms with van der Waals surface area (Å²) in [5, 5.41) is 16.1. The molecule has 1 aromatic heterocycles. The van der Waals surface area contributed by atoms with Crippen molar-refractivity contribution in [3.8, 4) is 6.07 Å². The van der Waals surface area contributed by atoms with Gasteiger partial charge in [-0.2, -0.15) is 5.26 Å². The van der Waals surface area contributed by atoms with Crippen LogP contribution in [0, 0.1) is 34.5 Å². The lowest BCUT2D eigenvalue weighted by atomic mass is 9.47. The molecule has 1 aliphatic heterocycles. The van der Waals surface area contributed by atoms with Crippen LogP contribution in [0.1, 0.15) is 76.2 Å². The molecule has 0 spiro atoms. The van der Waals surface area contributed by atoms with Gasteiger partial charge in [-0.3, -0.25) is 9.69 Å². The molecule has 6 fully saturated rings. The standard InChI is InChI=1S/C27H37N5O/c28-15-18-6-7-24(29-16-18)30-23-8-9-32(17-23)25-20-10-19-11-21(25)14-27(12-19,13-20)26(33)31-22-4-2-1-3-5-22/h6-7,16,19-23,25H,1-5,8-14,17H2,(H,29,30)(H,31,33)/t19?,20?,21?,23-,25?,27?/m1/s1. The number of hydrogen-bond donors (Lipinski definition) is 2. The lowest BCUT2D eigenvalue weighted by molar-refractivity contribution is -0.156. The Bertz CT molecular complexity index is 901. The van der Waals surface area contributed by atoms with Crippen molar-refractivity contribution < 1.29 is 4.79 Å². The van der Waals surface area contributed by atoms with Crippen molar-refractivity contribution in [1.82, 2.24) is 15.2 Å². The van der Waals surface area contributed by atoms with Gasteiger partial charge in [0.1, 0.15) is 11.9 Å². The first-order valence-electron chi connectivity index (χ1n) is 13.3. The van der Waals surface area contributed by atoms with Crippen LogP contribution in [0.3, 0.4) is 0 Å². The third-order valence-corrected chi connectivity index (χ3v) is 9.53. The Morgan fingerprint density at radius 3 is 2.55 bits per heavy atom. The summed E-state index contributed by atoms with van der Waals surface area (Å²) in [6.07, 6.45) is 15.0. The van der Waals surface area contributed by atoms with Crippen LogP contribution in [0.15, 0.2) is 18.3 Å². The fourth-order valence-corrected chi connectivity index (χ4v) is 8.39. The fraction of sp³-hybridized carbons (Fsp3) is 0.741. The molecule has 0 aromatic carbocycles. The van der Waals surface area contributed by atoms with Gasteiger partial charge in [0.2, 0.25) is 5.91 Å². The lowest BCUT2D eigenvalue weighted by Crippen LogP contribution is -2.63. The van der Waals surface area contributed by atoms with Crippen LogP contribution in [-0.2, 0) is 4.79 Å². The van der Waals surface area contributed by atoms with Gasteiger partial charge in [-0.15, -0.1) is 0 Å². The van der Waals surface area contributed by atoms with Crippen molar-refractivity contribution in [2.75, 3.05) is 18.4 Å². The molecule has 6 nitrogen and oxygen atoms in total. The summed E-state index contributed by atoms with van der Waals surface area (Å²) in [7, 11) is 0. The van der Waals surface area contributed by atoms with Gasteiger partial charge in [0, 0.05) is 37.4 Å². The van der Waals surface area contributed by atoms with E-state index < -0.39 is 0 Å². The van der Waals surface area contributed by atoms with Crippen molar-refractivity contribution in [2.45, 2.75) is 88.8 Å². The fourth-order valence-electron chi connectivity index (χ4n) is 8.39. The van der Waals surface area contributed by atoms with Gasteiger partial charge >= 0.3 is 0 Å². The number of carbonyl (C=O) groups is 1. The molecule has 5 aliphatic carbocycles. The number of likely N-dealkylation sites (tertiary alicyclic amines) is 1. The topological polar surface area (TPSA) is 81.0 Å². The van der Waals surface area contributed by atoms with Crippen molar-refractivity contribution in [1.29, 1.82) is 5.26 Å². The van der Waals surface area contributed by atoms with Gasteiger partial charge in [-0.05, 0) is 81.3 Å². The number of aromatic nitrogens is 1.